The number of hydrogen-bond acceptors (Lipinski definition) is 3. The highest BCUT2D eigenvalue weighted by molar-refractivity contribution is 5.77. The van der Waals surface area contributed by atoms with Gasteiger partial charge in [-0.25, -0.2) is 10.3 Å². The standard InChI is InChI=1S/C9H8FNO2/c10-7-1-2-9-6(3-7)4-8(13-9)5-12-11/h1-4H,5,11H2. The van der Waals surface area contributed by atoms with E-state index < -0.39 is 0 Å². The van der Waals surface area contributed by atoms with E-state index in [9.17, 15) is 4.39 Å². The Labute approximate surface area is 73.8 Å². The lowest BCUT2D eigenvalue weighted by Gasteiger charge is -1.89. The Kier molecular flexibility index (Phi) is 2.00. The van der Waals surface area contributed by atoms with E-state index in [0.29, 0.717) is 16.7 Å². The molecule has 0 fully saturated rings. The molecule has 0 unspecified atom stereocenters. The fourth-order valence-electron chi connectivity index (χ4n) is 1.22. The van der Waals surface area contributed by atoms with E-state index in [1.54, 1.807) is 12.1 Å². The molecule has 0 atom stereocenters. The van der Waals surface area contributed by atoms with Crippen LogP contribution < -0.4 is 5.90 Å². The highest BCUT2D eigenvalue weighted by Gasteiger charge is 2.03. The summed E-state index contributed by atoms with van der Waals surface area (Å²) in [6, 6.07) is 6.02. The molecule has 4 heteroatoms. The largest absolute Gasteiger partial charge is 0.459 e. The zero-order valence-corrected chi connectivity index (χ0v) is 6.79. The van der Waals surface area contributed by atoms with E-state index in [4.69, 9.17) is 10.3 Å². The molecular formula is C9H8FNO2. The van der Waals surface area contributed by atoms with E-state index in [0.717, 1.165) is 0 Å². The highest BCUT2D eigenvalue weighted by atomic mass is 19.1. The van der Waals surface area contributed by atoms with Crippen LogP contribution in [0.2, 0.25) is 0 Å². The fraction of sp³-hybridized carbons (Fsp3) is 0.111. The van der Waals surface area contributed by atoms with Gasteiger partial charge in [0.2, 0.25) is 0 Å². The number of rotatable bonds is 2. The Bertz CT molecular complexity index is 424. The molecule has 0 saturated heterocycles. The van der Waals surface area contributed by atoms with Gasteiger partial charge in [0, 0.05) is 5.39 Å². The minimum atomic E-state index is -0.284. The molecule has 2 aromatic rings. The number of benzene rings is 1. The summed E-state index contributed by atoms with van der Waals surface area (Å²) in [6.45, 7) is 0.191. The predicted octanol–water partition coefficient (Wildman–Crippen LogP) is 1.96. The molecule has 2 N–H and O–H groups in total. The molecule has 1 aromatic heterocycles. The summed E-state index contributed by atoms with van der Waals surface area (Å²) in [5, 5.41) is 0.715. The molecule has 2 rings (SSSR count). The predicted molar refractivity (Wildman–Crippen MR) is 45.1 cm³/mol. The number of halogens is 1. The normalized spacial score (nSPS) is 10.9. The van der Waals surface area contributed by atoms with E-state index in [1.807, 2.05) is 0 Å². The van der Waals surface area contributed by atoms with Crippen LogP contribution in [0.25, 0.3) is 11.0 Å². The van der Waals surface area contributed by atoms with Crippen LogP contribution in [0.4, 0.5) is 4.39 Å². The van der Waals surface area contributed by atoms with Crippen molar-refractivity contribution in [3.8, 4) is 0 Å². The minimum Gasteiger partial charge on any atom is -0.459 e. The Morgan fingerprint density at radius 1 is 1.38 bits per heavy atom. The van der Waals surface area contributed by atoms with Gasteiger partial charge in [-0.2, -0.15) is 0 Å². The van der Waals surface area contributed by atoms with Crippen LogP contribution in [0.3, 0.4) is 0 Å². The van der Waals surface area contributed by atoms with Gasteiger partial charge in [-0.15, -0.1) is 0 Å². The maximum Gasteiger partial charge on any atom is 0.134 e. The molecule has 0 aliphatic rings. The average molecular weight is 181 g/mol. The third-order valence-corrected chi connectivity index (χ3v) is 1.75. The maximum absolute atomic E-state index is 12.7. The van der Waals surface area contributed by atoms with Crippen molar-refractivity contribution in [2.75, 3.05) is 0 Å². The lowest BCUT2D eigenvalue weighted by molar-refractivity contribution is 0.110. The summed E-state index contributed by atoms with van der Waals surface area (Å²) in [5.74, 6) is 5.18. The van der Waals surface area contributed by atoms with Gasteiger partial charge in [-0.1, -0.05) is 0 Å². The Morgan fingerprint density at radius 3 is 3.00 bits per heavy atom. The molecule has 0 radical (unpaired) electrons. The quantitative estimate of drug-likeness (QED) is 0.720. The molecule has 0 aliphatic heterocycles. The second kappa shape index (κ2) is 3.16. The first-order chi connectivity index (χ1) is 6.29. The Hall–Kier alpha value is -1.39. The van der Waals surface area contributed by atoms with Gasteiger partial charge in [0.05, 0.1) is 0 Å². The van der Waals surface area contributed by atoms with Crippen LogP contribution >= 0.6 is 0 Å². The number of hydrogen-bond donors (Lipinski definition) is 1. The van der Waals surface area contributed by atoms with Gasteiger partial charge in [0.1, 0.15) is 23.8 Å². The van der Waals surface area contributed by atoms with Crippen molar-refractivity contribution in [2.45, 2.75) is 6.61 Å². The minimum absolute atomic E-state index is 0.191. The number of nitrogens with two attached hydrogens (primary N) is 1. The van der Waals surface area contributed by atoms with Crippen molar-refractivity contribution in [3.05, 3.63) is 35.8 Å². The van der Waals surface area contributed by atoms with Gasteiger partial charge in [-0.3, -0.25) is 4.84 Å². The van der Waals surface area contributed by atoms with Gasteiger partial charge in [0.25, 0.3) is 0 Å². The summed E-state index contributed by atoms with van der Waals surface area (Å²) in [6.07, 6.45) is 0. The van der Waals surface area contributed by atoms with Crippen LogP contribution in [-0.4, -0.2) is 0 Å². The van der Waals surface area contributed by atoms with Gasteiger partial charge in [-0.05, 0) is 24.3 Å². The third-order valence-electron chi connectivity index (χ3n) is 1.75. The summed E-state index contributed by atoms with van der Waals surface area (Å²) in [5.41, 5.74) is 0.633. The molecular weight excluding hydrogens is 173 g/mol. The molecule has 1 aromatic carbocycles. The molecule has 0 spiro atoms. The average Bonchev–Trinajstić information content (AvgIpc) is 2.46. The lowest BCUT2D eigenvalue weighted by Crippen LogP contribution is -1.96. The van der Waals surface area contributed by atoms with Crippen LogP contribution in [0.5, 0.6) is 0 Å². The van der Waals surface area contributed by atoms with Crippen molar-refractivity contribution in [2.24, 2.45) is 5.90 Å². The van der Waals surface area contributed by atoms with Crippen molar-refractivity contribution in [1.82, 2.24) is 0 Å². The zero-order valence-electron chi connectivity index (χ0n) is 6.79. The zero-order chi connectivity index (χ0) is 9.26. The summed E-state index contributed by atoms with van der Waals surface area (Å²) < 4.78 is 18.0. The second-order valence-electron chi connectivity index (χ2n) is 2.71. The molecule has 0 amide bonds. The Balaban J connectivity index is 2.49. The maximum atomic E-state index is 12.7. The van der Waals surface area contributed by atoms with E-state index in [-0.39, 0.29) is 12.4 Å². The Morgan fingerprint density at radius 2 is 2.23 bits per heavy atom. The van der Waals surface area contributed by atoms with Gasteiger partial charge < -0.3 is 4.42 Å². The fourth-order valence-corrected chi connectivity index (χ4v) is 1.22. The topological polar surface area (TPSA) is 48.4 Å². The van der Waals surface area contributed by atoms with Crippen LogP contribution in [0, 0.1) is 5.82 Å². The first-order valence-corrected chi connectivity index (χ1v) is 3.79. The van der Waals surface area contributed by atoms with Crippen molar-refractivity contribution in [1.29, 1.82) is 0 Å². The molecule has 0 bridgehead atoms. The monoisotopic (exact) mass is 181 g/mol. The molecule has 1 heterocycles. The summed E-state index contributed by atoms with van der Waals surface area (Å²) in [7, 11) is 0. The van der Waals surface area contributed by atoms with Crippen molar-refractivity contribution < 1.29 is 13.6 Å². The van der Waals surface area contributed by atoms with Crippen LogP contribution in [0.15, 0.2) is 28.7 Å². The van der Waals surface area contributed by atoms with Crippen LogP contribution in [0.1, 0.15) is 5.76 Å². The first-order valence-electron chi connectivity index (χ1n) is 3.79. The second-order valence-corrected chi connectivity index (χ2v) is 2.71. The lowest BCUT2D eigenvalue weighted by atomic mass is 10.2. The summed E-state index contributed by atoms with van der Waals surface area (Å²) in [4.78, 5) is 4.40. The molecule has 0 aliphatic carbocycles. The molecule has 68 valence electrons. The van der Waals surface area contributed by atoms with Crippen molar-refractivity contribution in [3.63, 3.8) is 0 Å². The number of furan rings is 1. The SMILES string of the molecule is NOCc1cc2cc(F)ccc2o1. The molecule has 3 nitrogen and oxygen atoms in total. The highest BCUT2D eigenvalue weighted by Crippen LogP contribution is 2.20. The van der Waals surface area contributed by atoms with Crippen molar-refractivity contribution >= 4 is 11.0 Å². The van der Waals surface area contributed by atoms with E-state index >= 15 is 0 Å². The van der Waals surface area contributed by atoms with Gasteiger partial charge in [0.15, 0.2) is 0 Å². The molecule has 13 heavy (non-hydrogen) atoms. The van der Waals surface area contributed by atoms with Gasteiger partial charge >= 0.3 is 0 Å². The van der Waals surface area contributed by atoms with E-state index in [2.05, 4.69) is 4.84 Å². The summed E-state index contributed by atoms with van der Waals surface area (Å²) >= 11 is 0. The van der Waals surface area contributed by atoms with Crippen LogP contribution in [-0.2, 0) is 11.4 Å². The smallest absolute Gasteiger partial charge is 0.134 e. The number of fused-ring (bicyclic) bond motifs is 1. The van der Waals surface area contributed by atoms with E-state index in [1.165, 1.54) is 12.1 Å². The third kappa shape index (κ3) is 1.54. The first kappa shape index (κ1) is 8.22. The molecule has 0 saturated carbocycles.